The van der Waals surface area contributed by atoms with E-state index in [1.165, 1.54) is 64.0 Å². The van der Waals surface area contributed by atoms with Crippen molar-refractivity contribution in [3.63, 3.8) is 0 Å². The third-order valence-corrected chi connectivity index (χ3v) is 5.99. The maximum Gasteiger partial charge on any atom is 0.303 e. The minimum atomic E-state index is -0.657. The number of H-pyrrole nitrogens is 1. The van der Waals surface area contributed by atoms with Crippen molar-refractivity contribution in [1.29, 1.82) is 0 Å². The van der Waals surface area contributed by atoms with E-state index in [4.69, 9.17) is 16.7 Å². The molecule has 1 aromatic heterocycles. The number of aromatic nitrogens is 1. The first kappa shape index (κ1) is 24.8. The first-order chi connectivity index (χ1) is 13.5. The van der Waals surface area contributed by atoms with Crippen molar-refractivity contribution in [2.45, 2.75) is 84.0 Å². The topological polar surface area (TPSA) is 73.3 Å². The van der Waals surface area contributed by atoms with E-state index in [-0.39, 0.29) is 5.75 Å². The molecule has 0 radical (unpaired) electrons. The number of aromatic hydroxyl groups is 1. The van der Waals surface area contributed by atoms with E-state index < -0.39 is 5.97 Å². The number of hydrogen-bond donors (Lipinski definition) is 3. The summed E-state index contributed by atoms with van der Waals surface area (Å²) in [7, 11) is 0. The van der Waals surface area contributed by atoms with Crippen LogP contribution >= 0.6 is 27.5 Å². The summed E-state index contributed by atoms with van der Waals surface area (Å²) in [6.07, 6.45) is 15.9. The quantitative estimate of drug-likeness (QED) is 0.272. The number of rotatable bonds is 12. The third kappa shape index (κ3) is 9.83. The summed E-state index contributed by atoms with van der Waals surface area (Å²) >= 11 is 9.22. The summed E-state index contributed by atoms with van der Waals surface area (Å²) in [4.78, 5) is 13.2. The van der Waals surface area contributed by atoms with Gasteiger partial charge in [0.2, 0.25) is 0 Å². The van der Waals surface area contributed by atoms with Gasteiger partial charge in [0, 0.05) is 17.1 Å². The molecular formula is C22H33BrClNO3. The number of carbonyl (C=O) groups is 1. The summed E-state index contributed by atoms with van der Waals surface area (Å²) in [6, 6.07) is 3.69. The Labute approximate surface area is 181 Å². The summed E-state index contributed by atoms with van der Waals surface area (Å²) in [5.41, 5.74) is 0.834. The first-order valence-electron chi connectivity index (χ1n) is 10.3. The van der Waals surface area contributed by atoms with Gasteiger partial charge < -0.3 is 15.2 Å². The Bertz CT molecular complexity index is 702. The molecule has 0 saturated carbocycles. The maximum atomic E-state index is 10.3. The Hall–Kier alpha value is -1.20. The number of benzene rings is 1. The lowest BCUT2D eigenvalue weighted by Gasteiger charge is -2.01. The molecule has 2 rings (SSSR count). The number of nitrogens with one attached hydrogen (secondary N) is 1. The predicted octanol–water partition coefficient (Wildman–Crippen LogP) is 8.06. The molecule has 0 saturated heterocycles. The molecule has 6 heteroatoms. The number of aromatic amines is 1. The molecule has 3 N–H and O–H groups in total. The zero-order chi connectivity index (χ0) is 20.8. The second-order valence-corrected chi connectivity index (χ2v) is 8.37. The lowest BCUT2D eigenvalue weighted by Crippen LogP contribution is -1.93. The standard InChI is InChI=1S/C14H28O2.C8H5BrClNO/c1-2-3-4-5-6-7-8-9-10-11-12-13-14(15)16;9-4-1-2-5-7(8(4)10)6(12)3-11-5/h2-13H2,1H3,(H,15,16);1-3,11-12H. The van der Waals surface area contributed by atoms with E-state index >= 15 is 0 Å². The average molecular weight is 475 g/mol. The molecule has 0 atom stereocenters. The van der Waals surface area contributed by atoms with Crippen LogP contribution in [0.1, 0.15) is 84.0 Å². The van der Waals surface area contributed by atoms with Gasteiger partial charge in [-0.1, -0.05) is 82.7 Å². The van der Waals surface area contributed by atoms with Crippen molar-refractivity contribution in [2.75, 3.05) is 0 Å². The third-order valence-electron chi connectivity index (χ3n) is 4.71. The molecule has 0 fully saturated rings. The Morgan fingerprint density at radius 2 is 1.54 bits per heavy atom. The zero-order valence-electron chi connectivity index (χ0n) is 16.8. The zero-order valence-corrected chi connectivity index (χ0v) is 19.1. The molecule has 0 aliphatic carbocycles. The van der Waals surface area contributed by atoms with Crippen LogP contribution in [0.15, 0.2) is 22.8 Å². The molecule has 0 amide bonds. The van der Waals surface area contributed by atoms with E-state index in [0.717, 1.165) is 22.8 Å². The fourth-order valence-corrected chi connectivity index (χ4v) is 3.67. The molecule has 0 bridgehead atoms. The van der Waals surface area contributed by atoms with Crippen LogP contribution < -0.4 is 0 Å². The highest BCUT2D eigenvalue weighted by Gasteiger charge is 2.08. The van der Waals surface area contributed by atoms with Gasteiger partial charge >= 0.3 is 5.97 Å². The molecule has 0 spiro atoms. The van der Waals surface area contributed by atoms with Gasteiger partial charge in [-0.3, -0.25) is 4.79 Å². The SMILES string of the molecule is CCCCCCCCCCCCCC(=O)O.Oc1c[nH]c2ccc(Br)c(Cl)c12. The van der Waals surface area contributed by atoms with Crippen LogP contribution in [0.3, 0.4) is 0 Å². The summed E-state index contributed by atoms with van der Waals surface area (Å²) in [6.45, 7) is 2.25. The molecule has 28 heavy (non-hydrogen) atoms. The van der Waals surface area contributed by atoms with Crippen molar-refractivity contribution < 1.29 is 15.0 Å². The van der Waals surface area contributed by atoms with Crippen molar-refractivity contribution in [1.82, 2.24) is 4.98 Å². The molecule has 4 nitrogen and oxygen atoms in total. The molecule has 0 aliphatic heterocycles. The Morgan fingerprint density at radius 1 is 1.00 bits per heavy atom. The lowest BCUT2D eigenvalue weighted by molar-refractivity contribution is -0.137. The average Bonchev–Trinajstić information content (AvgIpc) is 3.04. The van der Waals surface area contributed by atoms with Crippen molar-refractivity contribution in [3.05, 3.63) is 27.8 Å². The Kier molecular flexibility index (Phi) is 13.1. The number of aliphatic carboxylic acids is 1. The molecular weight excluding hydrogens is 442 g/mol. The van der Waals surface area contributed by atoms with E-state index in [1.54, 1.807) is 0 Å². The van der Waals surface area contributed by atoms with Crippen LogP contribution in [0.5, 0.6) is 5.75 Å². The number of hydrogen-bond acceptors (Lipinski definition) is 2. The number of carboxylic acid groups (broad SMARTS) is 1. The van der Waals surface area contributed by atoms with E-state index in [1.807, 2.05) is 12.1 Å². The summed E-state index contributed by atoms with van der Waals surface area (Å²) < 4.78 is 0.784. The minimum Gasteiger partial charge on any atom is -0.506 e. The van der Waals surface area contributed by atoms with Crippen molar-refractivity contribution >= 4 is 44.4 Å². The minimum absolute atomic E-state index is 0.177. The van der Waals surface area contributed by atoms with E-state index in [0.29, 0.717) is 16.8 Å². The fourth-order valence-electron chi connectivity index (χ4n) is 3.08. The highest BCUT2D eigenvalue weighted by molar-refractivity contribution is 9.10. The highest BCUT2D eigenvalue weighted by atomic mass is 79.9. The van der Waals surface area contributed by atoms with Crippen LogP contribution in [0.25, 0.3) is 10.9 Å². The van der Waals surface area contributed by atoms with Gasteiger partial charge in [-0.25, -0.2) is 0 Å². The largest absolute Gasteiger partial charge is 0.506 e. The van der Waals surface area contributed by atoms with E-state index in [2.05, 4.69) is 27.8 Å². The smallest absolute Gasteiger partial charge is 0.303 e. The number of halogens is 2. The first-order valence-corrected chi connectivity index (χ1v) is 11.5. The van der Waals surface area contributed by atoms with Crippen LogP contribution in [0, 0.1) is 0 Å². The molecule has 2 aromatic rings. The number of fused-ring (bicyclic) bond motifs is 1. The molecule has 1 aromatic carbocycles. The molecule has 0 aliphatic rings. The number of carboxylic acids is 1. The summed E-state index contributed by atoms with van der Waals surface area (Å²) in [5.74, 6) is -0.479. The predicted molar refractivity (Wildman–Crippen MR) is 121 cm³/mol. The highest BCUT2D eigenvalue weighted by Crippen LogP contribution is 2.35. The van der Waals surface area contributed by atoms with Gasteiger partial charge in [0.15, 0.2) is 0 Å². The van der Waals surface area contributed by atoms with Crippen LogP contribution in [-0.2, 0) is 4.79 Å². The molecule has 0 unspecified atom stereocenters. The second-order valence-electron chi connectivity index (χ2n) is 7.14. The molecule has 158 valence electrons. The van der Waals surface area contributed by atoms with Gasteiger partial charge in [0.25, 0.3) is 0 Å². The summed E-state index contributed by atoms with van der Waals surface area (Å²) in [5, 5.41) is 19.0. The fraction of sp³-hybridized carbons (Fsp3) is 0.591. The van der Waals surface area contributed by atoms with E-state index in [9.17, 15) is 9.90 Å². The van der Waals surface area contributed by atoms with Gasteiger partial charge in [0.05, 0.1) is 15.9 Å². The van der Waals surface area contributed by atoms with Crippen molar-refractivity contribution in [2.24, 2.45) is 0 Å². The van der Waals surface area contributed by atoms with Crippen molar-refractivity contribution in [3.8, 4) is 5.75 Å². The van der Waals surface area contributed by atoms with Gasteiger partial charge in [-0.2, -0.15) is 0 Å². The Morgan fingerprint density at radius 3 is 2.07 bits per heavy atom. The van der Waals surface area contributed by atoms with Crippen LogP contribution in [0.4, 0.5) is 0 Å². The van der Waals surface area contributed by atoms with Gasteiger partial charge in [-0.05, 0) is 34.5 Å². The monoisotopic (exact) mass is 473 g/mol. The molecule has 1 heterocycles. The van der Waals surface area contributed by atoms with Crippen LogP contribution in [0.2, 0.25) is 5.02 Å². The normalized spacial score (nSPS) is 10.7. The maximum absolute atomic E-state index is 10.3. The lowest BCUT2D eigenvalue weighted by atomic mass is 10.1. The number of unbranched alkanes of at least 4 members (excludes halogenated alkanes) is 10. The van der Waals surface area contributed by atoms with Gasteiger partial charge in [-0.15, -0.1) is 0 Å². The second kappa shape index (κ2) is 14.7. The van der Waals surface area contributed by atoms with Gasteiger partial charge in [0.1, 0.15) is 5.75 Å². The Balaban J connectivity index is 0.000000289. The van der Waals surface area contributed by atoms with Crippen LogP contribution in [-0.4, -0.2) is 21.2 Å².